The van der Waals surface area contributed by atoms with Crippen molar-refractivity contribution in [2.75, 3.05) is 9.96 Å². The van der Waals surface area contributed by atoms with Crippen molar-refractivity contribution >= 4 is 28.9 Å². The Labute approximate surface area is 186 Å². The van der Waals surface area contributed by atoms with Gasteiger partial charge in [-0.2, -0.15) is 5.06 Å². The smallest absolute Gasteiger partial charge is 0.337 e. The summed E-state index contributed by atoms with van der Waals surface area (Å²) in [5.74, 6) is -0.532. The van der Waals surface area contributed by atoms with Crippen LogP contribution in [0.15, 0.2) is 42.5 Å². The number of amides is 1. The van der Waals surface area contributed by atoms with E-state index < -0.39 is 27.9 Å². The van der Waals surface area contributed by atoms with Crippen molar-refractivity contribution in [3.8, 4) is 0 Å². The van der Waals surface area contributed by atoms with E-state index in [1.807, 2.05) is 38.1 Å². The highest BCUT2D eigenvalue weighted by Gasteiger charge is 2.50. The van der Waals surface area contributed by atoms with E-state index in [2.05, 4.69) is 0 Å². The van der Waals surface area contributed by atoms with Crippen molar-refractivity contribution in [2.24, 2.45) is 10.8 Å². The molecule has 0 spiro atoms. The van der Waals surface area contributed by atoms with Gasteiger partial charge in [-0.1, -0.05) is 32.0 Å². The van der Waals surface area contributed by atoms with Gasteiger partial charge in [0.2, 0.25) is 5.91 Å². The summed E-state index contributed by atoms with van der Waals surface area (Å²) in [5, 5.41) is 12.8. The molecule has 1 unspecified atom stereocenters. The van der Waals surface area contributed by atoms with Crippen LogP contribution >= 0.6 is 0 Å². The predicted octanol–water partition coefficient (Wildman–Crippen LogP) is 4.40. The summed E-state index contributed by atoms with van der Waals surface area (Å²) in [6.45, 7) is 9.22. The molecule has 168 valence electrons. The summed E-state index contributed by atoms with van der Waals surface area (Å²) in [6, 6.07) is 12.1. The molecule has 0 saturated heterocycles. The number of para-hydroxylation sites is 1. The monoisotopic (exact) mass is 437 g/mol. The number of anilines is 2. The summed E-state index contributed by atoms with van der Waals surface area (Å²) < 4.78 is 0. The first-order chi connectivity index (χ1) is 14.9. The van der Waals surface area contributed by atoms with Crippen molar-refractivity contribution < 1.29 is 19.3 Å². The van der Waals surface area contributed by atoms with Gasteiger partial charge in [-0.05, 0) is 50.5 Å². The fourth-order valence-electron chi connectivity index (χ4n) is 4.40. The van der Waals surface area contributed by atoms with Crippen molar-refractivity contribution in [1.82, 2.24) is 0 Å². The molecule has 1 amide bonds. The van der Waals surface area contributed by atoms with E-state index in [1.165, 1.54) is 17.2 Å². The summed E-state index contributed by atoms with van der Waals surface area (Å²) in [6.07, 6.45) is 0.139. The van der Waals surface area contributed by atoms with Gasteiger partial charge < -0.3 is 4.84 Å². The quantitative estimate of drug-likeness (QED) is 0.522. The standard InChI is InChI=1S/C24H27N3O5/c1-23(2,3)22(29)32-26-19-11-10-17(27(30)31)12-16(19)14-24(4,5)21(26)25-18-9-7-6-8-15(18)13-20(25)28/h6-12,21H,13-14H2,1-5H3. The Balaban J connectivity index is 1.88. The molecule has 4 rings (SSSR count). The molecule has 1 atom stereocenters. The predicted molar refractivity (Wildman–Crippen MR) is 120 cm³/mol. The number of non-ortho nitro benzene ring substituents is 1. The zero-order valence-electron chi connectivity index (χ0n) is 18.9. The number of carbonyl (C=O) groups excluding carboxylic acids is 2. The highest BCUT2D eigenvalue weighted by atomic mass is 16.7. The Morgan fingerprint density at radius 2 is 1.81 bits per heavy atom. The molecule has 2 aliphatic heterocycles. The van der Waals surface area contributed by atoms with Gasteiger partial charge >= 0.3 is 5.97 Å². The molecule has 0 aliphatic carbocycles. The number of hydrogen-bond acceptors (Lipinski definition) is 6. The van der Waals surface area contributed by atoms with Gasteiger partial charge in [-0.3, -0.25) is 19.8 Å². The minimum Gasteiger partial charge on any atom is -0.338 e. The van der Waals surface area contributed by atoms with Gasteiger partial charge in [0, 0.05) is 23.2 Å². The van der Waals surface area contributed by atoms with Crippen molar-refractivity contribution in [3.63, 3.8) is 0 Å². The second kappa shape index (κ2) is 7.32. The van der Waals surface area contributed by atoms with Crippen LogP contribution in [-0.2, 0) is 27.3 Å². The molecule has 8 heteroatoms. The summed E-state index contributed by atoms with van der Waals surface area (Å²) in [7, 11) is 0. The number of hydrogen-bond donors (Lipinski definition) is 0. The average molecular weight is 437 g/mol. The summed E-state index contributed by atoms with van der Waals surface area (Å²) in [4.78, 5) is 44.7. The number of nitro benzene ring substituents is 1. The van der Waals surface area contributed by atoms with Crippen LogP contribution in [0.3, 0.4) is 0 Å². The van der Waals surface area contributed by atoms with Gasteiger partial charge in [-0.15, -0.1) is 0 Å². The van der Waals surface area contributed by atoms with E-state index in [1.54, 1.807) is 31.7 Å². The Kier molecular flexibility index (Phi) is 4.99. The SMILES string of the molecule is CC(C)(C)C(=O)ON1c2ccc([N+](=O)[O-])cc2CC(C)(C)C1N1C(=O)Cc2ccccc21. The third kappa shape index (κ3) is 3.59. The van der Waals surface area contributed by atoms with E-state index in [-0.39, 0.29) is 18.0 Å². The molecule has 2 aromatic carbocycles. The Morgan fingerprint density at radius 3 is 2.47 bits per heavy atom. The second-order valence-electron chi connectivity index (χ2n) is 10.1. The highest BCUT2D eigenvalue weighted by Crippen LogP contribution is 2.47. The van der Waals surface area contributed by atoms with E-state index in [0.29, 0.717) is 17.7 Å². The van der Waals surface area contributed by atoms with Crippen molar-refractivity contribution in [3.05, 3.63) is 63.7 Å². The number of nitro groups is 1. The molecular weight excluding hydrogens is 410 g/mol. The lowest BCUT2D eigenvalue weighted by Gasteiger charge is -2.50. The summed E-state index contributed by atoms with van der Waals surface area (Å²) in [5.41, 5.74) is 1.58. The Hall–Kier alpha value is -3.42. The van der Waals surface area contributed by atoms with Crippen LogP contribution in [0.5, 0.6) is 0 Å². The Bertz CT molecular complexity index is 1120. The molecule has 0 fully saturated rings. The molecule has 8 nitrogen and oxygen atoms in total. The van der Waals surface area contributed by atoms with Crippen LogP contribution in [0.1, 0.15) is 45.7 Å². The zero-order valence-corrected chi connectivity index (χ0v) is 18.9. The van der Waals surface area contributed by atoms with Gasteiger partial charge in [-0.25, -0.2) is 4.79 Å². The molecule has 0 radical (unpaired) electrons. The third-order valence-electron chi connectivity index (χ3n) is 5.98. The fraction of sp³-hybridized carbons (Fsp3) is 0.417. The number of nitrogens with zero attached hydrogens (tertiary/aromatic N) is 3. The largest absolute Gasteiger partial charge is 0.338 e. The fourth-order valence-corrected chi connectivity index (χ4v) is 4.40. The number of carbonyl (C=O) groups is 2. The van der Waals surface area contributed by atoms with Crippen molar-refractivity contribution in [1.29, 1.82) is 0 Å². The molecule has 0 saturated carbocycles. The second-order valence-corrected chi connectivity index (χ2v) is 10.1. The first kappa shape index (κ1) is 21.8. The molecule has 32 heavy (non-hydrogen) atoms. The lowest BCUT2D eigenvalue weighted by atomic mass is 9.78. The van der Waals surface area contributed by atoms with E-state index in [0.717, 1.165) is 11.3 Å². The molecule has 2 aliphatic rings. The van der Waals surface area contributed by atoms with Crippen molar-refractivity contribution in [2.45, 2.75) is 53.6 Å². The molecule has 0 N–H and O–H groups in total. The molecular formula is C24H27N3O5. The lowest BCUT2D eigenvalue weighted by Crippen LogP contribution is -2.61. The first-order valence-corrected chi connectivity index (χ1v) is 10.6. The van der Waals surface area contributed by atoms with Crippen LogP contribution < -0.4 is 9.96 Å². The van der Waals surface area contributed by atoms with Gasteiger partial charge in [0.1, 0.15) is 0 Å². The van der Waals surface area contributed by atoms with Crippen LogP contribution in [0, 0.1) is 20.9 Å². The maximum Gasteiger partial charge on any atom is 0.337 e. The summed E-state index contributed by atoms with van der Waals surface area (Å²) >= 11 is 0. The number of fused-ring (bicyclic) bond motifs is 2. The van der Waals surface area contributed by atoms with E-state index >= 15 is 0 Å². The van der Waals surface area contributed by atoms with Crippen LogP contribution in [0.4, 0.5) is 17.1 Å². The molecule has 0 aromatic heterocycles. The van der Waals surface area contributed by atoms with Gasteiger partial charge in [0.05, 0.1) is 22.4 Å². The maximum atomic E-state index is 13.2. The van der Waals surface area contributed by atoms with Crippen LogP contribution in [0.25, 0.3) is 0 Å². The molecule has 2 aromatic rings. The van der Waals surface area contributed by atoms with E-state index in [9.17, 15) is 19.7 Å². The Morgan fingerprint density at radius 1 is 1.12 bits per heavy atom. The van der Waals surface area contributed by atoms with E-state index in [4.69, 9.17) is 4.84 Å². The minimum absolute atomic E-state index is 0.0253. The van der Waals surface area contributed by atoms with Gasteiger partial charge in [0.15, 0.2) is 6.17 Å². The van der Waals surface area contributed by atoms with Crippen LogP contribution in [-0.4, -0.2) is 23.0 Å². The normalized spacial score (nSPS) is 19.4. The lowest BCUT2D eigenvalue weighted by molar-refractivity contribution is -0.384. The zero-order chi connectivity index (χ0) is 23.4. The highest BCUT2D eigenvalue weighted by molar-refractivity contribution is 6.02. The minimum atomic E-state index is -0.778. The molecule has 0 bridgehead atoms. The number of hydroxylamine groups is 1. The molecule has 2 heterocycles. The number of benzene rings is 2. The first-order valence-electron chi connectivity index (χ1n) is 10.6. The third-order valence-corrected chi connectivity index (χ3v) is 5.98. The number of rotatable bonds is 3. The van der Waals surface area contributed by atoms with Gasteiger partial charge in [0.25, 0.3) is 5.69 Å². The average Bonchev–Trinajstić information content (AvgIpc) is 3.01. The topological polar surface area (TPSA) is 93.0 Å². The maximum absolute atomic E-state index is 13.2. The van der Waals surface area contributed by atoms with Crippen LogP contribution in [0.2, 0.25) is 0 Å².